The van der Waals surface area contributed by atoms with Crippen molar-refractivity contribution in [2.45, 2.75) is 43.3 Å². The number of aromatic nitrogens is 1. The van der Waals surface area contributed by atoms with Gasteiger partial charge in [-0.15, -0.1) is 0 Å². The number of nitrogens with zero attached hydrogens (tertiary/aromatic N) is 2. The largest absolute Gasteiger partial charge is 0.316 e. The molecule has 19 heavy (non-hydrogen) atoms. The van der Waals surface area contributed by atoms with Crippen molar-refractivity contribution in [1.82, 2.24) is 14.6 Å². The molecule has 0 saturated heterocycles. The van der Waals surface area contributed by atoms with Gasteiger partial charge in [0, 0.05) is 25.8 Å². The molecule has 1 aromatic heterocycles. The van der Waals surface area contributed by atoms with E-state index in [1.54, 1.807) is 25.4 Å². The first-order chi connectivity index (χ1) is 9.05. The minimum absolute atomic E-state index is 0.129. The Morgan fingerprint density at radius 3 is 2.58 bits per heavy atom. The molecule has 1 N–H and O–H groups in total. The first-order valence-corrected chi connectivity index (χ1v) is 8.07. The number of nitrogens with one attached hydrogen (secondary N) is 1. The van der Waals surface area contributed by atoms with Crippen LogP contribution >= 0.6 is 0 Å². The zero-order valence-electron chi connectivity index (χ0n) is 11.5. The average molecular weight is 283 g/mol. The Labute approximate surface area is 115 Å². The van der Waals surface area contributed by atoms with Crippen LogP contribution < -0.4 is 5.32 Å². The molecule has 2 rings (SSSR count). The third-order valence-corrected chi connectivity index (χ3v) is 5.49. The first-order valence-electron chi connectivity index (χ1n) is 6.63. The van der Waals surface area contributed by atoms with Gasteiger partial charge in [0.15, 0.2) is 5.03 Å². The SMILES string of the molecule is CNCc1ccc(S(=O)(=O)N(C)C2CCCC2)nc1. The minimum atomic E-state index is -3.45. The lowest BCUT2D eigenvalue weighted by Crippen LogP contribution is -2.35. The van der Waals surface area contributed by atoms with E-state index in [0.29, 0.717) is 6.54 Å². The van der Waals surface area contributed by atoms with Crippen molar-refractivity contribution in [3.63, 3.8) is 0 Å². The van der Waals surface area contributed by atoms with Crippen LogP contribution in [0.4, 0.5) is 0 Å². The van der Waals surface area contributed by atoms with E-state index in [0.717, 1.165) is 31.2 Å². The first kappa shape index (κ1) is 14.4. The molecule has 1 aliphatic carbocycles. The summed E-state index contributed by atoms with van der Waals surface area (Å²) in [6.07, 6.45) is 5.74. The zero-order valence-corrected chi connectivity index (χ0v) is 12.3. The maximum Gasteiger partial charge on any atom is 0.260 e. The summed E-state index contributed by atoms with van der Waals surface area (Å²) >= 11 is 0. The van der Waals surface area contributed by atoms with Gasteiger partial charge in [-0.1, -0.05) is 18.9 Å². The molecule has 0 spiro atoms. The third-order valence-electron chi connectivity index (χ3n) is 3.66. The van der Waals surface area contributed by atoms with Crippen molar-refractivity contribution in [2.24, 2.45) is 0 Å². The number of sulfonamides is 1. The summed E-state index contributed by atoms with van der Waals surface area (Å²) in [5.74, 6) is 0. The lowest BCUT2D eigenvalue weighted by atomic mass is 10.3. The normalized spacial score (nSPS) is 17.2. The number of hydrogen-bond donors (Lipinski definition) is 1. The van der Waals surface area contributed by atoms with Gasteiger partial charge in [-0.3, -0.25) is 0 Å². The van der Waals surface area contributed by atoms with Crippen LogP contribution in [0.2, 0.25) is 0 Å². The van der Waals surface area contributed by atoms with Gasteiger partial charge >= 0.3 is 0 Å². The molecular formula is C13H21N3O2S. The molecule has 5 nitrogen and oxygen atoms in total. The fourth-order valence-corrected chi connectivity index (χ4v) is 3.81. The molecule has 0 amide bonds. The van der Waals surface area contributed by atoms with Crippen molar-refractivity contribution in [3.05, 3.63) is 23.9 Å². The molecule has 1 aliphatic rings. The highest BCUT2D eigenvalue weighted by atomic mass is 32.2. The lowest BCUT2D eigenvalue weighted by Gasteiger charge is -2.23. The van der Waals surface area contributed by atoms with Crippen molar-refractivity contribution < 1.29 is 8.42 Å². The highest BCUT2D eigenvalue weighted by Gasteiger charge is 2.30. The Hall–Kier alpha value is -0.980. The van der Waals surface area contributed by atoms with Gasteiger partial charge in [0.05, 0.1) is 0 Å². The molecule has 1 fully saturated rings. The van der Waals surface area contributed by atoms with E-state index < -0.39 is 10.0 Å². The smallest absolute Gasteiger partial charge is 0.260 e. The van der Waals surface area contributed by atoms with Gasteiger partial charge in [-0.05, 0) is 31.5 Å². The molecule has 0 aromatic carbocycles. The molecule has 6 heteroatoms. The average Bonchev–Trinajstić information content (AvgIpc) is 2.92. The fraction of sp³-hybridized carbons (Fsp3) is 0.615. The molecule has 1 saturated carbocycles. The quantitative estimate of drug-likeness (QED) is 0.886. The van der Waals surface area contributed by atoms with Crippen molar-refractivity contribution in [3.8, 4) is 0 Å². The summed E-state index contributed by atoms with van der Waals surface area (Å²) in [6, 6.07) is 3.52. The summed E-state index contributed by atoms with van der Waals surface area (Å²) in [5, 5.41) is 3.15. The summed E-state index contributed by atoms with van der Waals surface area (Å²) in [7, 11) is 0.0547. The van der Waals surface area contributed by atoms with E-state index >= 15 is 0 Å². The van der Waals surface area contributed by atoms with E-state index in [1.165, 1.54) is 4.31 Å². The Bertz CT molecular complexity index is 507. The fourth-order valence-electron chi connectivity index (χ4n) is 2.48. The van der Waals surface area contributed by atoms with Crippen LogP contribution in [0.25, 0.3) is 0 Å². The van der Waals surface area contributed by atoms with Crippen LogP contribution in [0, 0.1) is 0 Å². The lowest BCUT2D eigenvalue weighted by molar-refractivity contribution is 0.371. The van der Waals surface area contributed by atoms with Crippen molar-refractivity contribution >= 4 is 10.0 Å². The van der Waals surface area contributed by atoms with E-state index in [-0.39, 0.29) is 11.1 Å². The molecule has 0 atom stereocenters. The Morgan fingerprint density at radius 1 is 1.37 bits per heavy atom. The van der Waals surface area contributed by atoms with Crippen LogP contribution in [0.15, 0.2) is 23.4 Å². The summed E-state index contributed by atoms with van der Waals surface area (Å²) < 4.78 is 26.4. The molecule has 106 valence electrons. The van der Waals surface area contributed by atoms with Gasteiger partial charge in [-0.25, -0.2) is 13.4 Å². The number of rotatable bonds is 5. The van der Waals surface area contributed by atoms with Crippen LogP contribution in [0.1, 0.15) is 31.2 Å². The second kappa shape index (κ2) is 5.98. The molecule has 0 aliphatic heterocycles. The van der Waals surface area contributed by atoms with E-state index in [9.17, 15) is 8.42 Å². The molecule has 1 heterocycles. The van der Waals surface area contributed by atoms with Gasteiger partial charge in [0.2, 0.25) is 0 Å². The van der Waals surface area contributed by atoms with E-state index in [1.807, 2.05) is 7.05 Å². The van der Waals surface area contributed by atoms with Gasteiger partial charge in [0.25, 0.3) is 10.0 Å². The summed E-state index contributed by atoms with van der Waals surface area (Å²) in [5.41, 5.74) is 0.977. The Balaban J connectivity index is 2.18. The van der Waals surface area contributed by atoms with Crippen LogP contribution in [-0.4, -0.2) is 37.8 Å². The Kier molecular flexibility index (Phi) is 4.54. The number of pyridine rings is 1. The highest BCUT2D eigenvalue weighted by molar-refractivity contribution is 7.89. The molecule has 0 unspecified atom stereocenters. The molecule has 1 aromatic rings. The topological polar surface area (TPSA) is 62.3 Å². The van der Waals surface area contributed by atoms with Crippen molar-refractivity contribution in [1.29, 1.82) is 0 Å². The summed E-state index contributed by atoms with van der Waals surface area (Å²) in [6.45, 7) is 0.686. The van der Waals surface area contributed by atoms with E-state index in [4.69, 9.17) is 0 Å². The molecule has 0 bridgehead atoms. The van der Waals surface area contributed by atoms with E-state index in [2.05, 4.69) is 10.3 Å². The van der Waals surface area contributed by atoms with Crippen molar-refractivity contribution in [2.75, 3.05) is 14.1 Å². The predicted molar refractivity (Wildman–Crippen MR) is 74.2 cm³/mol. The third kappa shape index (κ3) is 3.13. The van der Waals surface area contributed by atoms with Crippen LogP contribution in [-0.2, 0) is 16.6 Å². The van der Waals surface area contributed by atoms with Gasteiger partial charge < -0.3 is 5.32 Å². The van der Waals surface area contributed by atoms with Gasteiger partial charge in [-0.2, -0.15) is 4.31 Å². The summed E-state index contributed by atoms with van der Waals surface area (Å²) in [4.78, 5) is 4.09. The number of hydrogen-bond acceptors (Lipinski definition) is 4. The second-order valence-electron chi connectivity index (χ2n) is 4.99. The van der Waals surface area contributed by atoms with Crippen LogP contribution in [0.5, 0.6) is 0 Å². The van der Waals surface area contributed by atoms with Gasteiger partial charge in [0.1, 0.15) is 0 Å². The minimum Gasteiger partial charge on any atom is -0.316 e. The maximum atomic E-state index is 12.4. The Morgan fingerprint density at radius 2 is 2.05 bits per heavy atom. The monoisotopic (exact) mass is 283 g/mol. The molecular weight excluding hydrogens is 262 g/mol. The highest BCUT2D eigenvalue weighted by Crippen LogP contribution is 2.26. The maximum absolute atomic E-state index is 12.4. The molecule has 0 radical (unpaired) electrons. The second-order valence-corrected chi connectivity index (χ2v) is 6.94. The van der Waals surface area contributed by atoms with Crippen LogP contribution in [0.3, 0.4) is 0 Å². The standard InChI is InChI=1S/C13H21N3O2S/c1-14-9-11-7-8-13(15-10-11)19(17,18)16(2)12-5-3-4-6-12/h7-8,10,12,14H,3-6,9H2,1-2H3. The zero-order chi connectivity index (χ0) is 13.9. The predicted octanol–water partition coefficient (Wildman–Crippen LogP) is 1.36.